The lowest BCUT2D eigenvalue weighted by molar-refractivity contribution is 0.565. The van der Waals surface area contributed by atoms with Gasteiger partial charge in [0, 0.05) is 17.1 Å². The van der Waals surface area contributed by atoms with Crippen molar-refractivity contribution >= 4 is 10.9 Å². The summed E-state index contributed by atoms with van der Waals surface area (Å²) in [5.74, 6) is 0.256. The van der Waals surface area contributed by atoms with E-state index in [0.717, 1.165) is 43.0 Å². The molecule has 1 aromatic heterocycles. The highest BCUT2D eigenvalue weighted by atomic mass is 19.1. The fourth-order valence-electron chi connectivity index (χ4n) is 3.52. The van der Waals surface area contributed by atoms with Gasteiger partial charge in [-0.1, -0.05) is 11.6 Å². The fourth-order valence-corrected chi connectivity index (χ4v) is 3.52. The Kier molecular flexibility index (Phi) is 2.86. The van der Waals surface area contributed by atoms with Crippen LogP contribution in [0.2, 0.25) is 0 Å². The smallest absolute Gasteiger partial charge is 0.123 e. The van der Waals surface area contributed by atoms with Gasteiger partial charge in [-0.25, -0.2) is 4.39 Å². The summed E-state index contributed by atoms with van der Waals surface area (Å²) in [4.78, 5) is 4.34. The van der Waals surface area contributed by atoms with E-state index in [9.17, 15) is 4.39 Å². The van der Waals surface area contributed by atoms with Crippen LogP contribution >= 0.6 is 0 Å². The predicted octanol–water partition coefficient (Wildman–Crippen LogP) is 4.06. The molecule has 0 aliphatic heterocycles. The van der Waals surface area contributed by atoms with Crippen LogP contribution in [0.15, 0.2) is 42.1 Å². The van der Waals surface area contributed by atoms with Crippen molar-refractivity contribution in [2.24, 2.45) is 5.73 Å². The van der Waals surface area contributed by atoms with Gasteiger partial charge < -0.3 is 5.73 Å². The van der Waals surface area contributed by atoms with Crippen LogP contribution in [0.1, 0.15) is 43.6 Å². The molecule has 3 heteroatoms. The van der Waals surface area contributed by atoms with Crippen LogP contribution in [0.4, 0.5) is 4.39 Å². The zero-order valence-electron chi connectivity index (χ0n) is 12.0. The van der Waals surface area contributed by atoms with Gasteiger partial charge in [-0.3, -0.25) is 4.98 Å². The highest BCUT2D eigenvalue weighted by Crippen LogP contribution is 2.46. The van der Waals surface area contributed by atoms with Gasteiger partial charge in [0.05, 0.1) is 5.52 Å². The zero-order valence-corrected chi connectivity index (χ0v) is 12.0. The quantitative estimate of drug-likeness (QED) is 0.844. The van der Waals surface area contributed by atoms with Crippen LogP contribution in [0.3, 0.4) is 0 Å². The zero-order chi connectivity index (χ0) is 14.4. The Labute approximate surface area is 123 Å². The van der Waals surface area contributed by atoms with Crippen LogP contribution in [-0.2, 0) is 0 Å². The molecule has 1 heterocycles. The standard InChI is InChI=1S/C18H19FN2/c19-14-5-6-17-16(11-14)15(7-10-21-17)12-1-3-13(4-2-12)18(20)8-9-18/h3,5-7,10-12H,1-2,4,8-9,20H2. The van der Waals surface area contributed by atoms with Gasteiger partial charge in [0.15, 0.2) is 0 Å². The van der Waals surface area contributed by atoms with Gasteiger partial charge in [-0.15, -0.1) is 0 Å². The number of pyridine rings is 1. The third-order valence-electron chi connectivity index (χ3n) is 5.02. The third-order valence-corrected chi connectivity index (χ3v) is 5.02. The van der Waals surface area contributed by atoms with Crippen LogP contribution in [-0.4, -0.2) is 10.5 Å². The fraction of sp³-hybridized carbons (Fsp3) is 0.389. The summed E-state index contributed by atoms with van der Waals surface area (Å²) in [6.45, 7) is 0. The predicted molar refractivity (Wildman–Crippen MR) is 82.5 cm³/mol. The molecule has 1 fully saturated rings. The normalized spacial score (nSPS) is 23.9. The summed E-state index contributed by atoms with van der Waals surface area (Å²) in [7, 11) is 0. The number of hydrogen-bond donors (Lipinski definition) is 1. The van der Waals surface area contributed by atoms with E-state index in [4.69, 9.17) is 5.73 Å². The number of halogens is 1. The van der Waals surface area contributed by atoms with E-state index in [0.29, 0.717) is 5.92 Å². The second-order valence-corrected chi connectivity index (χ2v) is 6.42. The average molecular weight is 282 g/mol. The van der Waals surface area contributed by atoms with E-state index in [2.05, 4.69) is 11.1 Å². The van der Waals surface area contributed by atoms with Crippen molar-refractivity contribution in [3.05, 3.63) is 53.5 Å². The second-order valence-electron chi connectivity index (χ2n) is 6.42. The van der Waals surface area contributed by atoms with Gasteiger partial charge in [-0.2, -0.15) is 0 Å². The summed E-state index contributed by atoms with van der Waals surface area (Å²) in [6.07, 6.45) is 9.59. The van der Waals surface area contributed by atoms with Gasteiger partial charge in [0.25, 0.3) is 0 Å². The van der Waals surface area contributed by atoms with Gasteiger partial charge in [0.1, 0.15) is 5.82 Å². The Bertz CT molecular complexity index is 731. The highest BCUT2D eigenvalue weighted by molar-refractivity contribution is 5.82. The second kappa shape index (κ2) is 4.63. The maximum Gasteiger partial charge on any atom is 0.123 e. The Morgan fingerprint density at radius 3 is 2.81 bits per heavy atom. The lowest BCUT2D eigenvalue weighted by Crippen LogP contribution is -2.26. The van der Waals surface area contributed by atoms with E-state index in [1.807, 2.05) is 12.3 Å². The number of fused-ring (bicyclic) bond motifs is 1. The highest BCUT2D eigenvalue weighted by Gasteiger charge is 2.42. The van der Waals surface area contributed by atoms with Crippen LogP contribution < -0.4 is 5.73 Å². The number of benzene rings is 1. The number of nitrogens with zero attached hydrogens (tertiary/aromatic N) is 1. The van der Waals surface area contributed by atoms with Crippen molar-refractivity contribution < 1.29 is 4.39 Å². The number of aromatic nitrogens is 1. The maximum atomic E-state index is 13.6. The van der Waals surface area contributed by atoms with Crippen LogP contribution in [0.5, 0.6) is 0 Å². The minimum Gasteiger partial charge on any atom is -0.322 e. The molecule has 0 radical (unpaired) electrons. The van der Waals surface area contributed by atoms with Gasteiger partial charge in [-0.05, 0) is 67.9 Å². The summed E-state index contributed by atoms with van der Waals surface area (Å²) < 4.78 is 13.6. The Hall–Kier alpha value is -1.74. The summed E-state index contributed by atoms with van der Waals surface area (Å²) in [6, 6.07) is 6.89. The molecule has 4 rings (SSSR count). The Morgan fingerprint density at radius 2 is 2.10 bits per heavy atom. The molecule has 1 aromatic carbocycles. The van der Waals surface area contributed by atoms with Crippen LogP contribution in [0, 0.1) is 5.82 Å². The first-order valence-electron chi connectivity index (χ1n) is 7.68. The minimum absolute atomic E-state index is 0.0113. The SMILES string of the molecule is NC1(C2=CCC(c3ccnc4ccc(F)cc34)CC2)CC1. The summed E-state index contributed by atoms with van der Waals surface area (Å²) in [5, 5.41) is 0.952. The Morgan fingerprint density at radius 1 is 1.24 bits per heavy atom. The average Bonchev–Trinajstić information content (AvgIpc) is 3.26. The molecule has 2 nitrogen and oxygen atoms in total. The third kappa shape index (κ3) is 2.26. The van der Waals surface area contributed by atoms with Crippen LogP contribution in [0.25, 0.3) is 10.9 Å². The molecular weight excluding hydrogens is 263 g/mol. The molecule has 21 heavy (non-hydrogen) atoms. The number of nitrogens with two attached hydrogens (primary N) is 1. The number of rotatable bonds is 2. The van der Waals surface area contributed by atoms with Crippen molar-refractivity contribution in [1.82, 2.24) is 4.98 Å². The molecule has 1 atom stereocenters. The molecule has 0 bridgehead atoms. The molecule has 0 saturated heterocycles. The first-order chi connectivity index (χ1) is 10.2. The molecular formula is C18H19FN2. The van der Waals surface area contributed by atoms with Gasteiger partial charge >= 0.3 is 0 Å². The van der Waals surface area contributed by atoms with E-state index in [-0.39, 0.29) is 11.4 Å². The molecule has 2 N–H and O–H groups in total. The molecule has 1 saturated carbocycles. The van der Waals surface area contributed by atoms with Crippen molar-refractivity contribution in [2.45, 2.75) is 43.6 Å². The van der Waals surface area contributed by atoms with E-state index in [1.165, 1.54) is 17.2 Å². The van der Waals surface area contributed by atoms with Crippen molar-refractivity contribution in [3.63, 3.8) is 0 Å². The largest absolute Gasteiger partial charge is 0.322 e. The molecule has 2 aliphatic rings. The lowest BCUT2D eigenvalue weighted by atomic mass is 9.81. The first kappa shape index (κ1) is 13.0. The van der Waals surface area contributed by atoms with Crippen molar-refractivity contribution in [3.8, 4) is 0 Å². The molecule has 1 unspecified atom stereocenters. The molecule has 0 spiro atoms. The Balaban J connectivity index is 1.68. The van der Waals surface area contributed by atoms with Gasteiger partial charge in [0.2, 0.25) is 0 Å². The summed E-state index contributed by atoms with van der Waals surface area (Å²) >= 11 is 0. The monoisotopic (exact) mass is 282 g/mol. The number of allylic oxidation sites excluding steroid dienone is 1. The lowest BCUT2D eigenvalue weighted by Gasteiger charge is -2.26. The summed E-state index contributed by atoms with van der Waals surface area (Å²) in [5.41, 5.74) is 9.83. The van der Waals surface area contributed by atoms with Crippen molar-refractivity contribution in [1.29, 1.82) is 0 Å². The topological polar surface area (TPSA) is 38.9 Å². The molecule has 108 valence electrons. The van der Waals surface area contributed by atoms with E-state index >= 15 is 0 Å². The van der Waals surface area contributed by atoms with E-state index in [1.54, 1.807) is 12.1 Å². The molecule has 2 aromatic rings. The first-order valence-corrected chi connectivity index (χ1v) is 7.68. The molecule has 2 aliphatic carbocycles. The molecule has 0 amide bonds. The van der Waals surface area contributed by atoms with E-state index < -0.39 is 0 Å². The minimum atomic E-state index is -0.192. The van der Waals surface area contributed by atoms with Crippen molar-refractivity contribution in [2.75, 3.05) is 0 Å². The maximum absolute atomic E-state index is 13.6. The number of hydrogen-bond acceptors (Lipinski definition) is 2.